The molecule has 0 bridgehead atoms. The highest BCUT2D eigenvalue weighted by Crippen LogP contribution is 2.07. The average Bonchev–Trinajstić information content (AvgIpc) is 3.08. The predicted molar refractivity (Wildman–Crippen MR) is 176 cm³/mol. The van der Waals surface area contributed by atoms with Crippen molar-refractivity contribution in [3.05, 3.63) is 71.8 Å². The van der Waals surface area contributed by atoms with E-state index in [9.17, 15) is 19.2 Å². The highest BCUT2D eigenvalue weighted by Gasteiger charge is 2.22. The number of carbonyl (C=O) groups is 4. The van der Waals surface area contributed by atoms with E-state index in [0.29, 0.717) is 39.4 Å². The molecule has 0 aliphatic carbocycles. The summed E-state index contributed by atoms with van der Waals surface area (Å²) in [6.45, 7) is 14.9. The van der Waals surface area contributed by atoms with Crippen LogP contribution in [0.1, 0.15) is 25.0 Å². The van der Waals surface area contributed by atoms with Gasteiger partial charge in [0, 0.05) is 78.5 Å². The number of Topliss-reactive ketones (excluding diaryl/α,β-unsaturated/α-hetero) is 2. The highest BCUT2D eigenvalue weighted by molar-refractivity contribution is 5.78. The number of amides is 2. The zero-order valence-corrected chi connectivity index (χ0v) is 27.3. The van der Waals surface area contributed by atoms with Crippen LogP contribution in [0.3, 0.4) is 0 Å². The molecule has 0 spiro atoms. The molecule has 3 aliphatic heterocycles. The molecule has 3 fully saturated rings. The number of carbonyl (C=O) groups excluding carboxylic acids is 4. The van der Waals surface area contributed by atoms with E-state index in [4.69, 9.17) is 9.47 Å². The quantitative estimate of drug-likeness (QED) is 0.445. The van der Waals surface area contributed by atoms with Crippen molar-refractivity contribution in [3.8, 4) is 0 Å². The molecule has 0 aromatic heterocycles. The van der Waals surface area contributed by atoms with Gasteiger partial charge in [-0.05, 0) is 25.0 Å². The van der Waals surface area contributed by atoms with Crippen LogP contribution in [0.15, 0.2) is 60.7 Å². The number of nitrogens with one attached hydrogen (secondary N) is 2. The Labute approximate surface area is 273 Å². The summed E-state index contributed by atoms with van der Waals surface area (Å²) in [7, 11) is 0. The SMILES string of the molecule is CC(=O)CN1CCN(C(=O)OCc2ccccc2)CC1.CC(=O)CN1CCNCC1.O=C(OCc1ccccc1)N1CCNCC1. The van der Waals surface area contributed by atoms with E-state index >= 15 is 0 Å². The molecule has 12 nitrogen and oxygen atoms in total. The van der Waals surface area contributed by atoms with Gasteiger partial charge in [-0.15, -0.1) is 0 Å². The fraction of sp³-hybridized carbons (Fsp3) is 0.529. The third-order valence-corrected chi connectivity index (χ3v) is 7.52. The molecule has 252 valence electrons. The predicted octanol–water partition coefficient (Wildman–Crippen LogP) is 2.24. The van der Waals surface area contributed by atoms with Gasteiger partial charge in [-0.2, -0.15) is 0 Å². The fourth-order valence-electron chi connectivity index (χ4n) is 5.06. The van der Waals surface area contributed by atoms with Crippen molar-refractivity contribution in [2.24, 2.45) is 0 Å². The molecule has 3 saturated heterocycles. The Balaban J connectivity index is 0.000000198. The summed E-state index contributed by atoms with van der Waals surface area (Å²) in [5, 5.41) is 6.43. The molecule has 2 amide bonds. The maximum absolute atomic E-state index is 11.9. The lowest BCUT2D eigenvalue weighted by molar-refractivity contribution is -0.119. The van der Waals surface area contributed by atoms with Crippen LogP contribution < -0.4 is 10.6 Å². The molecule has 0 atom stereocenters. The maximum Gasteiger partial charge on any atom is 0.410 e. The van der Waals surface area contributed by atoms with Crippen molar-refractivity contribution in [3.63, 3.8) is 0 Å². The zero-order valence-electron chi connectivity index (χ0n) is 27.3. The minimum Gasteiger partial charge on any atom is -0.445 e. The number of hydrogen-bond donors (Lipinski definition) is 2. The van der Waals surface area contributed by atoms with Crippen LogP contribution in [0.25, 0.3) is 0 Å². The molecule has 2 aromatic rings. The largest absolute Gasteiger partial charge is 0.445 e. The van der Waals surface area contributed by atoms with Gasteiger partial charge in [-0.1, -0.05) is 60.7 Å². The van der Waals surface area contributed by atoms with Gasteiger partial charge in [-0.3, -0.25) is 19.4 Å². The van der Waals surface area contributed by atoms with Gasteiger partial charge in [0.25, 0.3) is 0 Å². The smallest absolute Gasteiger partial charge is 0.410 e. The van der Waals surface area contributed by atoms with Gasteiger partial charge in [-0.25, -0.2) is 9.59 Å². The Morgan fingerprint density at radius 2 is 0.913 bits per heavy atom. The maximum atomic E-state index is 11.9. The van der Waals surface area contributed by atoms with Crippen LogP contribution in [-0.4, -0.2) is 135 Å². The molecule has 3 heterocycles. The van der Waals surface area contributed by atoms with E-state index in [2.05, 4.69) is 20.4 Å². The Bertz CT molecular complexity index is 1180. The van der Waals surface area contributed by atoms with E-state index in [1.807, 2.05) is 60.7 Å². The number of benzene rings is 2. The molecule has 0 saturated carbocycles. The molecule has 3 aliphatic rings. The molecule has 2 aromatic carbocycles. The van der Waals surface area contributed by atoms with Gasteiger partial charge in [0.2, 0.25) is 0 Å². The van der Waals surface area contributed by atoms with Crippen molar-refractivity contribution in [2.75, 3.05) is 91.6 Å². The van der Waals surface area contributed by atoms with Crippen molar-refractivity contribution >= 4 is 23.8 Å². The first-order valence-corrected chi connectivity index (χ1v) is 16.1. The van der Waals surface area contributed by atoms with E-state index in [0.717, 1.165) is 76.6 Å². The Kier molecular flexibility index (Phi) is 16.8. The van der Waals surface area contributed by atoms with Crippen molar-refractivity contribution < 1.29 is 28.7 Å². The molecule has 2 N–H and O–H groups in total. The summed E-state index contributed by atoms with van der Waals surface area (Å²) in [5.74, 6) is 0.423. The molecular weight excluding hydrogens is 588 g/mol. The Hall–Kier alpha value is -3.84. The van der Waals surface area contributed by atoms with E-state index < -0.39 is 0 Å². The number of ether oxygens (including phenoxy) is 2. The number of rotatable bonds is 8. The molecule has 0 radical (unpaired) electrons. The monoisotopic (exact) mass is 638 g/mol. The van der Waals surface area contributed by atoms with E-state index in [-0.39, 0.29) is 23.8 Å². The molecule has 0 unspecified atom stereocenters. The number of nitrogens with zero attached hydrogens (tertiary/aromatic N) is 4. The van der Waals surface area contributed by atoms with E-state index in [1.165, 1.54) is 0 Å². The third-order valence-electron chi connectivity index (χ3n) is 7.52. The molecular formula is C34H50N6O6. The van der Waals surface area contributed by atoms with Gasteiger partial charge < -0.3 is 29.9 Å². The summed E-state index contributed by atoms with van der Waals surface area (Å²) in [5.41, 5.74) is 2.00. The first-order valence-electron chi connectivity index (χ1n) is 16.1. The second-order valence-electron chi connectivity index (χ2n) is 11.5. The third kappa shape index (κ3) is 15.0. The van der Waals surface area contributed by atoms with Gasteiger partial charge in [0.15, 0.2) is 0 Å². The summed E-state index contributed by atoms with van der Waals surface area (Å²) < 4.78 is 10.5. The zero-order chi connectivity index (χ0) is 33.0. The van der Waals surface area contributed by atoms with Gasteiger partial charge in [0.05, 0.1) is 13.1 Å². The molecule has 5 rings (SSSR count). The van der Waals surface area contributed by atoms with Crippen LogP contribution in [0.2, 0.25) is 0 Å². The van der Waals surface area contributed by atoms with Crippen molar-refractivity contribution in [1.82, 2.24) is 30.2 Å². The van der Waals surface area contributed by atoms with Crippen LogP contribution >= 0.6 is 0 Å². The minimum atomic E-state index is -0.281. The lowest BCUT2D eigenvalue weighted by Gasteiger charge is -2.33. The summed E-state index contributed by atoms with van der Waals surface area (Å²) in [4.78, 5) is 52.9. The summed E-state index contributed by atoms with van der Waals surface area (Å²) in [6, 6.07) is 19.3. The minimum absolute atomic E-state index is 0.158. The lowest BCUT2D eigenvalue weighted by Crippen LogP contribution is -2.49. The lowest BCUT2D eigenvalue weighted by atomic mass is 10.2. The Morgan fingerprint density at radius 3 is 1.33 bits per heavy atom. The van der Waals surface area contributed by atoms with Gasteiger partial charge in [0.1, 0.15) is 24.8 Å². The second-order valence-corrected chi connectivity index (χ2v) is 11.5. The standard InChI is InChI=1S/C15H20N2O3.C12H16N2O2.C7H14N2O/c1-13(18)11-16-7-9-17(10-8-16)15(19)20-12-14-5-3-2-4-6-14;15-12(14-8-6-13-7-9-14)16-10-11-4-2-1-3-5-11;1-7(10)6-9-4-2-8-3-5-9/h2-6H,7-12H2,1H3;1-5,13H,6-10H2;8H,2-6H2,1H3. The van der Waals surface area contributed by atoms with Gasteiger partial charge >= 0.3 is 12.2 Å². The first-order chi connectivity index (χ1) is 22.3. The molecule has 12 heteroatoms. The van der Waals surface area contributed by atoms with Crippen LogP contribution in [0.5, 0.6) is 0 Å². The second kappa shape index (κ2) is 21.0. The van der Waals surface area contributed by atoms with Crippen molar-refractivity contribution in [2.45, 2.75) is 27.1 Å². The Morgan fingerprint density at radius 1 is 0.543 bits per heavy atom. The summed E-state index contributed by atoms with van der Waals surface area (Å²) in [6.07, 6.45) is -0.498. The van der Waals surface area contributed by atoms with Crippen molar-refractivity contribution in [1.29, 1.82) is 0 Å². The van der Waals surface area contributed by atoms with E-state index in [1.54, 1.807) is 23.6 Å². The van der Waals surface area contributed by atoms with Crippen LogP contribution in [-0.2, 0) is 32.3 Å². The number of ketones is 2. The fourth-order valence-corrected chi connectivity index (χ4v) is 5.06. The van der Waals surface area contributed by atoms with Crippen LogP contribution in [0.4, 0.5) is 9.59 Å². The number of hydrogen-bond acceptors (Lipinski definition) is 10. The average molecular weight is 639 g/mol. The number of piperazine rings is 3. The molecule has 46 heavy (non-hydrogen) atoms. The topological polar surface area (TPSA) is 124 Å². The summed E-state index contributed by atoms with van der Waals surface area (Å²) >= 11 is 0. The first kappa shape index (κ1) is 36.6. The highest BCUT2D eigenvalue weighted by atomic mass is 16.6. The van der Waals surface area contributed by atoms with Crippen LogP contribution in [0, 0.1) is 0 Å². The normalized spacial score (nSPS) is 17.0.